The molecule has 0 radical (unpaired) electrons. The third-order valence-corrected chi connectivity index (χ3v) is 9.19. The molecule has 0 heterocycles. The van der Waals surface area contributed by atoms with Crippen LogP contribution in [0.25, 0.3) is 0 Å². The Morgan fingerprint density at radius 3 is 2.60 bits per heavy atom. The first-order valence-electron chi connectivity index (χ1n) is 11.5. The van der Waals surface area contributed by atoms with Crippen LogP contribution >= 0.6 is 0 Å². The summed E-state index contributed by atoms with van der Waals surface area (Å²) in [5.74, 6) is 2.25. The highest BCUT2D eigenvalue weighted by molar-refractivity contribution is 5.85. The van der Waals surface area contributed by atoms with Gasteiger partial charge in [0.05, 0.1) is 19.5 Å². The molecule has 166 valence electrons. The van der Waals surface area contributed by atoms with Crippen molar-refractivity contribution < 1.29 is 24.2 Å². The van der Waals surface area contributed by atoms with Gasteiger partial charge in [-0.3, -0.25) is 9.59 Å². The number of hydrogen-bond acceptors (Lipinski definition) is 5. The molecule has 0 saturated heterocycles. The zero-order valence-corrected chi connectivity index (χ0v) is 18.8. The summed E-state index contributed by atoms with van der Waals surface area (Å²) in [5, 5.41) is 10.2. The Labute approximate surface area is 179 Å². The SMILES string of the molecule is COC1=CC2=C(CO)C[C@H]3[C@@H]4CC[C@H](C(=O)COC(C)=O)[C@@]4(C)CC[C@@H]3[C@@]2(C)CC1. The molecule has 2 saturated carbocycles. The molecule has 0 bridgehead atoms. The zero-order valence-electron chi connectivity index (χ0n) is 18.8. The van der Waals surface area contributed by atoms with Gasteiger partial charge in [0.15, 0.2) is 5.78 Å². The number of ketones is 1. The predicted octanol–water partition coefficient (Wildman–Crippen LogP) is 4.20. The van der Waals surface area contributed by atoms with E-state index in [9.17, 15) is 14.7 Å². The maximum atomic E-state index is 12.9. The number of esters is 1. The second-order valence-electron chi connectivity index (χ2n) is 10.4. The van der Waals surface area contributed by atoms with Crippen molar-refractivity contribution in [1.82, 2.24) is 0 Å². The number of fused-ring (bicyclic) bond motifs is 5. The van der Waals surface area contributed by atoms with Gasteiger partial charge in [0.25, 0.3) is 0 Å². The highest BCUT2D eigenvalue weighted by atomic mass is 16.5. The molecule has 0 unspecified atom stereocenters. The molecule has 30 heavy (non-hydrogen) atoms. The average Bonchev–Trinajstić information content (AvgIpc) is 3.08. The minimum Gasteiger partial charge on any atom is -0.501 e. The molecule has 1 N–H and O–H groups in total. The quantitative estimate of drug-likeness (QED) is 0.680. The van der Waals surface area contributed by atoms with Crippen LogP contribution < -0.4 is 0 Å². The van der Waals surface area contributed by atoms with Crippen LogP contribution in [-0.4, -0.2) is 37.2 Å². The molecule has 4 aliphatic rings. The molecule has 4 rings (SSSR count). The first kappa shape index (κ1) is 21.6. The lowest BCUT2D eigenvalue weighted by molar-refractivity contribution is -0.149. The standard InChI is InChI=1S/C25H36O5/c1-15(27)30-14-23(28)21-6-5-19-18-11-16(13-26)22-12-17(29-4)7-9-25(22,3)20(18)8-10-24(19,21)2/h12,18-21,26H,5-11,13-14H2,1-4H3/t18-,19-,20-,21+,24-,25+/m0/s1. The van der Waals surface area contributed by atoms with E-state index in [4.69, 9.17) is 9.47 Å². The van der Waals surface area contributed by atoms with Gasteiger partial charge in [-0.25, -0.2) is 0 Å². The Kier molecular flexibility index (Phi) is 5.63. The number of aliphatic hydroxyl groups excluding tert-OH is 1. The van der Waals surface area contributed by atoms with Gasteiger partial charge in [0.2, 0.25) is 0 Å². The number of aliphatic hydroxyl groups is 1. The number of allylic oxidation sites excluding steroid dienone is 3. The average molecular weight is 417 g/mol. The fraction of sp³-hybridized carbons (Fsp3) is 0.760. The van der Waals surface area contributed by atoms with Crippen LogP contribution in [0.1, 0.15) is 65.7 Å². The Morgan fingerprint density at radius 1 is 1.17 bits per heavy atom. The van der Waals surface area contributed by atoms with Gasteiger partial charge in [-0.05, 0) is 84.3 Å². The Hall–Kier alpha value is -1.62. The lowest BCUT2D eigenvalue weighted by atomic mass is 9.47. The Bertz CT molecular complexity index is 795. The van der Waals surface area contributed by atoms with E-state index < -0.39 is 5.97 Å². The predicted molar refractivity (Wildman–Crippen MR) is 113 cm³/mol. The maximum Gasteiger partial charge on any atom is 0.303 e. The van der Waals surface area contributed by atoms with Crippen molar-refractivity contribution in [3.8, 4) is 0 Å². The molecule has 2 fully saturated rings. The van der Waals surface area contributed by atoms with Crippen LogP contribution in [-0.2, 0) is 19.1 Å². The molecule has 0 amide bonds. The Morgan fingerprint density at radius 2 is 1.93 bits per heavy atom. The summed E-state index contributed by atoms with van der Waals surface area (Å²) >= 11 is 0. The molecule has 5 nitrogen and oxygen atoms in total. The second-order valence-corrected chi connectivity index (χ2v) is 10.4. The van der Waals surface area contributed by atoms with Crippen LogP contribution in [0.3, 0.4) is 0 Å². The lowest BCUT2D eigenvalue weighted by Crippen LogP contribution is -2.51. The molecule has 6 atom stereocenters. The van der Waals surface area contributed by atoms with E-state index in [2.05, 4.69) is 19.9 Å². The van der Waals surface area contributed by atoms with Gasteiger partial charge >= 0.3 is 5.97 Å². The summed E-state index contributed by atoms with van der Waals surface area (Å²) in [6.07, 6.45) is 9.23. The third kappa shape index (κ3) is 3.24. The number of rotatable bonds is 5. The van der Waals surface area contributed by atoms with Gasteiger partial charge in [-0.15, -0.1) is 0 Å². The number of Topliss-reactive ketones (excluding diaryl/α,β-unsaturated/α-hetero) is 1. The topological polar surface area (TPSA) is 72.8 Å². The van der Waals surface area contributed by atoms with E-state index in [1.807, 2.05) is 0 Å². The fourth-order valence-corrected chi connectivity index (χ4v) is 7.68. The highest BCUT2D eigenvalue weighted by Gasteiger charge is 2.60. The van der Waals surface area contributed by atoms with E-state index in [1.165, 1.54) is 12.5 Å². The van der Waals surface area contributed by atoms with Crippen molar-refractivity contribution in [1.29, 1.82) is 0 Å². The summed E-state index contributed by atoms with van der Waals surface area (Å²) in [7, 11) is 1.73. The number of carbonyl (C=O) groups is 2. The van der Waals surface area contributed by atoms with Crippen LogP contribution in [0, 0.1) is 34.5 Å². The number of carbonyl (C=O) groups excluding carboxylic acids is 2. The van der Waals surface area contributed by atoms with E-state index >= 15 is 0 Å². The summed E-state index contributed by atoms with van der Waals surface area (Å²) in [5.41, 5.74) is 2.50. The van der Waals surface area contributed by atoms with Crippen molar-refractivity contribution in [3.63, 3.8) is 0 Å². The Balaban J connectivity index is 1.63. The van der Waals surface area contributed by atoms with Gasteiger partial charge in [-0.1, -0.05) is 13.8 Å². The third-order valence-electron chi connectivity index (χ3n) is 9.19. The lowest BCUT2D eigenvalue weighted by Gasteiger charge is -2.58. The molecule has 0 aromatic heterocycles. The second kappa shape index (κ2) is 7.81. The van der Waals surface area contributed by atoms with Gasteiger partial charge in [0.1, 0.15) is 6.61 Å². The van der Waals surface area contributed by atoms with E-state index in [1.54, 1.807) is 7.11 Å². The van der Waals surface area contributed by atoms with Crippen LogP contribution in [0.5, 0.6) is 0 Å². The maximum absolute atomic E-state index is 12.9. The van der Waals surface area contributed by atoms with E-state index in [0.29, 0.717) is 17.8 Å². The largest absolute Gasteiger partial charge is 0.501 e. The summed E-state index contributed by atoms with van der Waals surface area (Å²) in [6.45, 7) is 6.04. The van der Waals surface area contributed by atoms with Crippen LogP contribution in [0.2, 0.25) is 0 Å². The molecule has 0 spiro atoms. The first-order chi connectivity index (χ1) is 14.2. The number of methoxy groups -OCH3 is 1. The molecular formula is C25H36O5. The molecule has 5 heteroatoms. The van der Waals surface area contributed by atoms with Crippen molar-refractivity contribution in [2.45, 2.75) is 65.7 Å². The van der Waals surface area contributed by atoms with Crippen LogP contribution in [0.4, 0.5) is 0 Å². The first-order valence-corrected chi connectivity index (χ1v) is 11.5. The van der Waals surface area contributed by atoms with E-state index in [-0.39, 0.29) is 35.7 Å². The van der Waals surface area contributed by atoms with Crippen molar-refractivity contribution >= 4 is 11.8 Å². The summed E-state index contributed by atoms with van der Waals surface area (Å²) in [6, 6.07) is 0. The smallest absolute Gasteiger partial charge is 0.303 e. The van der Waals surface area contributed by atoms with Gasteiger partial charge in [0, 0.05) is 19.3 Å². The molecule has 4 aliphatic carbocycles. The highest BCUT2D eigenvalue weighted by Crippen LogP contribution is 2.67. The van der Waals surface area contributed by atoms with Crippen LogP contribution in [0.15, 0.2) is 23.0 Å². The zero-order chi connectivity index (χ0) is 21.7. The van der Waals surface area contributed by atoms with E-state index in [0.717, 1.165) is 56.3 Å². The summed E-state index contributed by atoms with van der Waals surface area (Å²) in [4.78, 5) is 24.1. The van der Waals surface area contributed by atoms with Gasteiger partial charge in [-0.2, -0.15) is 0 Å². The van der Waals surface area contributed by atoms with Crippen molar-refractivity contribution in [2.75, 3.05) is 20.3 Å². The monoisotopic (exact) mass is 416 g/mol. The molecular weight excluding hydrogens is 380 g/mol. The number of hydrogen-bond donors (Lipinski definition) is 1. The minimum atomic E-state index is -0.391. The molecule has 0 aromatic rings. The molecule has 0 aromatic carbocycles. The minimum absolute atomic E-state index is 0.0232. The molecule has 0 aliphatic heterocycles. The van der Waals surface area contributed by atoms with Crippen molar-refractivity contribution in [2.24, 2.45) is 34.5 Å². The number of ether oxygens (including phenoxy) is 2. The van der Waals surface area contributed by atoms with Gasteiger partial charge < -0.3 is 14.6 Å². The summed E-state index contributed by atoms with van der Waals surface area (Å²) < 4.78 is 10.6. The fourth-order valence-electron chi connectivity index (χ4n) is 7.68. The van der Waals surface area contributed by atoms with Crippen molar-refractivity contribution in [3.05, 3.63) is 23.0 Å². The normalized spacial score (nSPS) is 40.1.